The molecule has 1 aliphatic heterocycles. The van der Waals surface area contributed by atoms with Gasteiger partial charge in [-0.05, 0) is 41.9 Å². The zero-order valence-corrected chi connectivity index (χ0v) is 12.8. The molecule has 2 nitrogen and oxygen atoms in total. The lowest BCUT2D eigenvalue weighted by molar-refractivity contribution is 0.173. The summed E-state index contributed by atoms with van der Waals surface area (Å²) in [6.07, 6.45) is 0. The van der Waals surface area contributed by atoms with Gasteiger partial charge in [0.25, 0.3) is 0 Å². The number of nitrogens with one attached hydrogen (secondary N) is 1. The van der Waals surface area contributed by atoms with Gasteiger partial charge in [0.05, 0.1) is 12.9 Å². The highest BCUT2D eigenvalue weighted by atomic mass is 79.9. The minimum absolute atomic E-state index is 0.187. The van der Waals surface area contributed by atoms with Crippen LogP contribution < -0.4 is 5.32 Å². The molecule has 1 fully saturated rings. The minimum atomic E-state index is 0.187. The van der Waals surface area contributed by atoms with Gasteiger partial charge < -0.3 is 5.32 Å². The summed E-state index contributed by atoms with van der Waals surface area (Å²) in [5.74, 6) is 0. The minimum Gasteiger partial charge on any atom is -0.314 e. The van der Waals surface area contributed by atoms with Crippen LogP contribution in [-0.4, -0.2) is 35.9 Å². The Hall–Kier alpha value is 0.450. The predicted molar refractivity (Wildman–Crippen MR) is 76.4 cm³/mol. The van der Waals surface area contributed by atoms with Crippen molar-refractivity contribution in [1.82, 2.24) is 10.2 Å². The first-order valence-electron chi connectivity index (χ1n) is 5.48. The molecular weight excluding hydrogens is 304 g/mol. The lowest BCUT2D eigenvalue weighted by Gasteiger charge is -2.40. The van der Waals surface area contributed by atoms with Crippen LogP contribution in [0.25, 0.3) is 0 Å². The van der Waals surface area contributed by atoms with Crippen LogP contribution >= 0.6 is 39.0 Å². The van der Waals surface area contributed by atoms with Crippen molar-refractivity contribution >= 4 is 39.0 Å². The fourth-order valence-electron chi connectivity index (χ4n) is 1.87. The SMILES string of the molecule is CC(C)(Sc1ccc(Br)s1)N1CCNCC1. The summed E-state index contributed by atoms with van der Waals surface area (Å²) in [7, 11) is 0. The van der Waals surface area contributed by atoms with Crippen molar-refractivity contribution in [3.63, 3.8) is 0 Å². The number of thioether (sulfide) groups is 1. The molecule has 0 spiro atoms. The fourth-order valence-corrected chi connectivity index (χ4v) is 5.30. The van der Waals surface area contributed by atoms with Gasteiger partial charge in [-0.3, -0.25) is 4.90 Å². The number of halogens is 1. The number of hydrogen-bond acceptors (Lipinski definition) is 4. The Kier molecular flexibility index (Phi) is 4.35. The molecule has 0 aromatic carbocycles. The van der Waals surface area contributed by atoms with Crippen LogP contribution in [0.2, 0.25) is 0 Å². The van der Waals surface area contributed by atoms with E-state index in [2.05, 4.69) is 52.1 Å². The number of piperazine rings is 1. The Labute approximate surface area is 114 Å². The average molecular weight is 321 g/mol. The molecule has 1 N–H and O–H groups in total. The largest absolute Gasteiger partial charge is 0.314 e. The van der Waals surface area contributed by atoms with Gasteiger partial charge in [-0.2, -0.15) is 0 Å². The number of hydrogen-bond donors (Lipinski definition) is 1. The topological polar surface area (TPSA) is 15.3 Å². The number of thiophene rings is 1. The third kappa shape index (κ3) is 3.23. The summed E-state index contributed by atoms with van der Waals surface area (Å²) >= 11 is 7.29. The monoisotopic (exact) mass is 320 g/mol. The van der Waals surface area contributed by atoms with Gasteiger partial charge in [-0.25, -0.2) is 0 Å². The van der Waals surface area contributed by atoms with Crippen LogP contribution in [0.5, 0.6) is 0 Å². The third-order valence-electron chi connectivity index (χ3n) is 2.78. The molecule has 2 rings (SSSR count). The first-order valence-corrected chi connectivity index (χ1v) is 7.91. The summed E-state index contributed by atoms with van der Waals surface area (Å²) in [6, 6.07) is 4.32. The van der Waals surface area contributed by atoms with Crippen molar-refractivity contribution in [1.29, 1.82) is 0 Å². The summed E-state index contributed by atoms with van der Waals surface area (Å²) in [5, 5.41) is 3.40. The van der Waals surface area contributed by atoms with Crippen molar-refractivity contribution in [2.24, 2.45) is 0 Å². The molecule has 0 bridgehead atoms. The maximum atomic E-state index is 3.52. The van der Waals surface area contributed by atoms with Crippen LogP contribution in [0.4, 0.5) is 0 Å². The quantitative estimate of drug-likeness (QED) is 0.861. The van der Waals surface area contributed by atoms with Crippen molar-refractivity contribution < 1.29 is 0 Å². The zero-order chi connectivity index (χ0) is 11.6. The molecule has 2 heterocycles. The highest BCUT2D eigenvalue weighted by molar-refractivity contribution is 9.11. The van der Waals surface area contributed by atoms with Crippen LogP contribution in [0.1, 0.15) is 13.8 Å². The van der Waals surface area contributed by atoms with Gasteiger partial charge in [-0.15, -0.1) is 11.3 Å². The Morgan fingerprint density at radius 1 is 1.38 bits per heavy atom. The molecular formula is C11H17BrN2S2. The molecule has 5 heteroatoms. The Morgan fingerprint density at radius 2 is 2.06 bits per heavy atom. The van der Waals surface area contributed by atoms with E-state index in [1.165, 1.54) is 8.00 Å². The Morgan fingerprint density at radius 3 is 2.62 bits per heavy atom. The summed E-state index contributed by atoms with van der Waals surface area (Å²) in [5.41, 5.74) is 0. The summed E-state index contributed by atoms with van der Waals surface area (Å²) < 4.78 is 2.60. The maximum Gasteiger partial charge on any atom is 0.0710 e. The van der Waals surface area contributed by atoms with Gasteiger partial charge in [0.2, 0.25) is 0 Å². The molecule has 1 aromatic rings. The second-order valence-electron chi connectivity index (χ2n) is 4.34. The van der Waals surface area contributed by atoms with E-state index in [0.717, 1.165) is 26.2 Å². The first-order chi connectivity index (χ1) is 7.58. The molecule has 1 saturated heterocycles. The molecule has 90 valence electrons. The van der Waals surface area contributed by atoms with E-state index in [1.54, 1.807) is 0 Å². The highest BCUT2D eigenvalue weighted by Crippen LogP contribution is 2.40. The fraction of sp³-hybridized carbons (Fsp3) is 0.636. The van der Waals surface area contributed by atoms with Crippen LogP contribution in [0.15, 0.2) is 20.1 Å². The summed E-state index contributed by atoms with van der Waals surface area (Å²) in [6.45, 7) is 9.14. The van der Waals surface area contributed by atoms with E-state index in [0.29, 0.717) is 0 Å². The molecule has 0 radical (unpaired) electrons. The standard InChI is InChI=1S/C11H17BrN2S2/c1-11(2,14-7-5-13-6-8-14)16-10-4-3-9(12)15-10/h3-4,13H,5-8H2,1-2H3. The van der Waals surface area contributed by atoms with Gasteiger partial charge in [0.15, 0.2) is 0 Å². The average Bonchev–Trinajstić information content (AvgIpc) is 2.64. The lowest BCUT2D eigenvalue weighted by Crippen LogP contribution is -2.51. The molecule has 1 aromatic heterocycles. The molecule has 1 aliphatic rings. The van der Waals surface area contributed by atoms with E-state index < -0.39 is 0 Å². The van der Waals surface area contributed by atoms with E-state index in [-0.39, 0.29) is 4.87 Å². The zero-order valence-electron chi connectivity index (χ0n) is 9.62. The van der Waals surface area contributed by atoms with Crippen molar-refractivity contribution in [2.45, 2.75) is 22.9 Å². The molecule has 0 amide bonds. The predicted octanol–water partition coefficient (Wildman–Crippen LogP) is 3.24. The molecule has 0 unspecified atom stereocenters. The normalized spacial score (nSPS) is 18.9. The first kappa shape index (κ1) is 12.9. The number of rotatable bonds is 3. The smallest absolute Gasteiger partial charge is 0.0710 e. The van der Waals surface area contributed by atoms with E-state index in [1.807, 2.05) is 23.1 Å². The molecule has 0 saturated carbocycles. The lowest BCUT2D eigenvalue weighted by atomic mass is 10.2. The molecule has 16 heavy (non-hydrogen) atoms. The van der Waals surface area contributed by atoms with Gasteiger partial charge in [0, 0.05) is 26.2 Å². The highest BCUT2D eigenvalue weighted by Gasteiger charge is 2.29. The second kappa shape index (κ2) is 5.40. The second-order valence-corrected chi connectivity index (χ2v) is 8.71. The van der Waals surface area contributed by atoms with Crippen LogP contribution in [0, 0.1) is 0 Å². The maximum absolute atomic E-state index is 3.52. The van der Waals surface area contributed by atoms with Crippen molar-refractivity contribution in [3.8, 4) is 0 Å². The van der Waals surface area contributed by atoms with Gasteiger partial charge in [-0.1, -0.05) is 11.8 Å². The Bertz CT molecular complexity index is 346. The van der Waals surface area contributed by atoms with Crippen molar-refractivity contribution in [2.75, 3.05) is 26.2 Å². The summed E-state index contributed by atoms with van der Waals surface area (Å²) in [4.78, 5) is 2.74. The van der Waals surface area contributed by atoms with E-state index in [9.17, 15) is 0 Å². The van der Waals surface area contributed by atoms with E-state index >= 15 is 0 Å². The third-order valence-corrected chi connectivity index (χ3v) is 5.79. The Balaban J connectivity index is 2.00. The molecule has 0 aliphatic carbocycles. The van der Waals surface area contributed by atoms with Gasteiger partial charge >= 0.3 is 0 Å². The van der Waals surface area contributed by atoms with Crippen LogP contribution in [0.3, 0.4) is 0 Å². The van der Waals surface area contributed by atoms with Gasteiger partial charge in [0.1, 0.15) is 0 Å². The molecule has 0 atom stereocenters. The van der Waals surface area contributed by atoms with E-state index in [4.69, 9.17) is 0 Å². The van der Waals surface area contributed by atoms with Crippen LogP contribution in [-0.2, 0) is 0 Å². The van der Waals surface area contributed by atoms with Crippen molar-refractivity contribution in [3.05, 3.63) is 15.9 Å². The number of nitrogens with zero attached hydrogens (tertiary/aromatic N) is 1.